The predicted octanol–water partition coefficient (Wildman–Crippen LogP) is 18.4. The van der Waals surface area contributed by atoms with Gasteiger partial charge in [0.15, 0.2) is 22.6 Å². The number of alkyl halides is 8. The van der Waals surface area contributed by atoms with E-state index in [1.807, 2.05) is 0 Å². The molecule has 34 nitrogen and oxygen atoms in total. The fourth-order valence-corrected chi connectivity index (χ4v) is 15.3. The summed E-state index contributed by atoms with van der Waals surface area (Å²) in [6.07, 6.45) is 24.2. The Morgan fingerprint density at radius 1 is 0.398 bits per heavy atom. The number of rotatable bonds is 30. The summed E-state index contributed by atoms with van der Waals surface area (Å²) in [5, 5.41) is 49.5. The molecule has 0 spiro atoms. The fourth-order valence-electron chi connectivity index (χ4n) is 12.2. The summed E-state index contributed by atoms with van der Waals surface area (Å²) in [5.74, 6) is -2.11. The average molecular weight is 2100 g/mol. The van der Waals surface area contributed by atoms with Crippen LogP contribution in [-0.2, 0) is 22.9 Å². The highest BCUT2D eigenvalue weighted by atomic mass is 127. The second-order valence-corrected chi connectivity index (χ2v) is 44.7. The first kappa shape index (κ1) is 92.9. The Morgan fingerprint density at radius 3 is 1.02 bits per heavy atom. The molecule has 0 saturated heterocycles. The van der Waals surface area contributed by atoms with E-state index in [2.05, 4.69) is 211 Å². The van der Waals surface area contributed by atoms with Crippen LogP contribution in [-0.4, -0.2) is 178 Å². The van der Waals surface area contributed by atoms with Crippen molar-refractivity contribution in [2.75, 3.05) is 34.5 Å². The van der Waals surface area contributed by atoms with E-state index in [0.29, 0.717) is 111 Å². The standard InChI is InChI=1S/2C23H25BrF2N6O3Si.C17H11BrF2N6O2.C17H11F2IN6O2/c2*1-36(2,3)10-9-34-14-32-20(16-11-15(24)5-6-19(16)35-23(25)26)18(13-29-32)30-22(33)17-12-28-31-8-4-7-27-21(17)31;18-9-2-3-13(28-17(19)20)10(6-9)14-12(8-22-25-14)24-16(27)11-7-23-26-5-1-4-21-15(11)26;18-17(19)28-13-3-2-9(20)6-10(13)14-12(8-22-25-14)24-16(27)11-7-23-26-5-1-4-21-15(11)26/h2*4-8,11-13,23H,9-10,14H2,1-3H3,(H,30,33);2*1-8,17H,(H,22,25)(H,24,27). The maximum absolute atomic E-state index is 13.2. The number of aromatic nitrogens is 20. The van der Waals surface area contributed by atoms with Crippen LogP contribution in [0.3, 0.4) is 0 Å². The molecule has 16 rings (SSSR count). The smallest absolute Gasteiger partial charge is 0.387 e. The lowest BCUT2D eigenvalue weighted by Crippen LogP contribution is -2.22. The number of hydrogen-bond acceptors (Lipinski definition) is 22. The SMILES string of the molecule is C[Si](C)(C)CCOCn1ncc(NC(=O)c2cnn3cccnc23)c1-c1cc(Br)ccc1OC(F)F.C[Si](C)(C)CCOCn1ncc(NC(=O)c2cnn3cccnc23)c1-c1cc(Br)ccc1OC(F)F.O=C(Nc1cn[nH]c1-c1cc(Br)ccc1OC(F)F)c1cnn2cccnc12.O=C(Nc1cn[nH]c1-c1cc(I)ccc1OC(F)F)c1cnn2cccnc12. The maximum atomic E-state index is 13.2. The second-order valence-electron chi connectivity index (χ2n) is 29.5. The second kappa shape index (κ2) is 41.8. The summed E-state index contributed by atoms with van der Waals surface area (Å²) in [6, 6.07) is 27.2. The number of H-pyrrole nitrogens is 2. The third-order valence-corrected chi connectivity index (χ3v) is 23.7. The van der Waals surface area contributed by atoms with E-state index in [1.54, 1.807) is 122 Å². The van der Waals surface area contributed by atoms with E-state index < -0.39 is 66.2 Å². The summed E-state index contributed by atoms with van der Waals surface area (Å²) >= 11 is 12.1. The average Bonchev–Trinajstić information content (AvgIpc) is 1.59. The predicted molar refractivity (Wildman–Crippen MR) is 478 cm³/mol. The van der Waals surface area contributed by atoms with Crippen LogP contribution in [0.15, 0.2) is 210 Å². The minimum atomic E-state index is -3.03. The Bertz CT molecular complexity index is 6230. The lowest BCUT2D eigenvalue weighted by molar-refractivity contribution is -0.0501. The van der Waals surface area contributed by atoms with Crippen molar-refractivity contribution in [1.29, 1.82) is 0 Å². The molecule has 128 heavy (non-hydrogen) atoms. The first-order valence-corrected chi connectivity index (χ1v) is 48.9. The molecule has 4 amide bonds. The molecule has 0 aliphatic rings. The number of nitrogens with one attached hydrogen (secondary N) is 6. The summed E-state index contributed by atoms with van der Waals surface area (Å²) in [7, 11) is -2.63. The summed E-state index contributed by atoms with van der Waals surface area (Å²) < 4.78 is 146. The molecule has 4 aromatic carbocycles. The normalized spacial score (nSPS) is 11.5. The topological polar surface area (TPSA) is 386 Å². The largest absolute Gasteiger partial charge is 0.434 e. The Kier molecular flexibility index (Phi) is 30.3. The molecule has 0 radical (unpaired) electrons. The zero-order valence-electron chi connectivity index (χ0n) is 67.7. The number of ether oxygens (including phenoxy) is 6. The highest BCUT2D eigenvalue weighted by Gasteiger charge is 2.29. The van der Waals surface area contributed by atoms with Gasteiger partial charge in [0.1, 0.15) is 58.7 Å². The van der Waals surface area contributed by atoms with Crippen molar-refractivity contribution >= 4 is 155 Å². The third-order valence-electron chi connectivity index (χ3n) is 18.1. The Hall–Kier alpha value is -12.8. The van der Waals surface area contributed by atoms with E-state index in [9.17, 15) is 54.3 Å². The molecule has 0 aliphatic carbocycles. The number of carbonyl (C=O) groups excluding carboxylic acids is 4. The molecule has 0 fully saturated rings. The van der Waals surface area contributed by atoms with Gasteiger partial charge in [0.25, 0.3) is 23.6 Å². The molecule has 12 aromatic heterocycles. The first-order valence-electron chi connectivity index (χ1n) is 38.0. The number of fused-ring (bicyclic) bond motifs is 4. The van der Waals surface area contributed by atoms with E-state index in [0.717, 1.165) is 15.7 Å². The maximum Gasteiger partial charge on any atom is 0.387 e. The van der Waals surface area contributed by atoms with Gasteiger partial charge >= 0.3 is 26.4 Å². The number of halogens is 12. The van der Waals surface area contributed by atoms with Gasteiger partial charge in [-0.2, -0.15) is 75.9 Å². The first-order chi connectivity index (χ1) is 61.3. The van der Waals surface area contributed by atoms with Crippen LogP contribution in [0, 0.1) is 3.57 Å². The quantitative estimate of drug-likeness (QED) is 0.0105. The van der Waals surface area contributed by atoms with Gasteiger partial charge in [-0.1, -0.05) is 87.1 Å². The minimum absolute atomic E-state index is 0.0344. The minimum Gasteiger partial charge on any atom is -0.434 e. The molecule has 6 N–H and O–H groups in total. The number of anilines is 4. The van der Waals surface area contributed by atoms with Crippen molar-refractivity contribution in [3.8, 4) is 68.0 Å². The van der Waals surface area contributed by atoms with Gasteiger partial charge in [-0.05, 0) is 132 Å². The molecule has 664 valence electrons. The van der Waals surface area contributed by atoms with Crippen LogP contribution in [0.4, 0.5) is 57.9 Å². The van der Waals surface area contributed by atoms with Crippen molar-refractivity contribution < 1.29 is 82.7 Å². The van der Waals surface area contributed by atoms with Gasteiger partial charge in [0, 0.05) is 118 Å². The molecule has 12 heterocycles. The number of aromatic amines is 2. The van der Waals surface area contributed by atoms with Crippen LogP contribution in [0.5, 0.6) is 23.0 Å². The van der Waals surface area contributed by atoms with E-state index >= 15 is 0 Å². The van der Waals surface area contributed by atoms with Crippen LogP contribution in [0.2, 0.25) is 51.4 Å². The van der Waals surface area contributed by atoms with Gasteiger partial charge in [-0.3, -0.25) is 29.4 Å². The van der Waals surface area contributed by atoms with Crippen molar-refractivity contribution in [1.82, 2.24) is 98.3 Å². The number of benzene rings is 4. The highest BCUT2D eigenvalue weighted by molar-refractivity contribution is 14.1. The number of amides is 4. The Labute approximate surface area is 760 Å². The Morgan fingerprint density at radius 2 is 0.695 bits per heavy atom. The molecule has 0 unspecified atom stereocenters. The number of nitrogens with zero attached hydrogens (tertiary/aromatic N) is 18. The highest BCUT2D eigenvalue weighted by Crippen LogP contribution is 2.43. The molecular weight excluding hydrogens is 2030 g/mol. The van der Waals surface area contributed by atoms with Crippen molar-refractivity contribution in [2.45, 2.75) is 91.3 Å². The monoisotopic (exact) mass is 2100 g/mol. The molecule has 0 bridgehead atoms. The molecule has 48 heteroatoms. The molecule has 0 aliphatic heterocycles. The lowest BCUT2D eigenvalue weighted by Gasteiger charge is -2.17. The summed E-state index contributed by atoms with van der Waals surface area (Å²) in [4.78, 5) is 68.4. The number of hydrogen-bond donors (Lipinski definition) is 6. The van der Waals surface area contributed by atoms with E-state index in [1.165, 1.54) is 101 Å². The third kappa shape index (κ3) is 23.7. The van der Waals surface area contributed by atoms with Crippen LogP contribution >= 0.6 is 70.4 Å². The Balaban J connectivity index is 0.000000147. The molecule has 16 aromatic rings. The van der Waals surface area contributed by atoms with Crippen molar-refractivity contribution in [3.63, 3.8) is 0 Å². The van der Waals surface area contributed by atoms with Crippen molar-refractivity contribution in [2.24, 2.45) is 0 Å². The fraction of sp³-hybridized carbons (Fsp3) is 0.200. The summed E-state index contributed by atoms with van der Waals surface area (Å²) in [5.41, 5.74) is 6.37. The van der Waals surface area contributed by atoms with E-state index in [4.69, 9.17) is 18.9 Å². The summed E-state index contributed by atoms with van der Waals surface area (Å²) in [6.45, 7) is 2.62. The molecular formula is C80H72Br3F8IN24O10Si2. The van der Waals surface area contributed by atoms with Crippen LogP contribution < -0.4 is 40.2 Å². The number of carbonyl (C=O) groups is 4. The molecule has 0 atom stereocenters. The zero-order chi connectivity index (χ0) is 91.1. The van der Waals surface area contributed by atoms with Gasteiger partial charge in [-0.25, -0.2) is 47.4 Å². The zero-order valence-corrected chi connectivity index (χ0v) is 76.6. The lowest BCUT2D eigenvalue weighted by atomic mass is 10.1. The van der Waals surface area contributed by atoms with Gasteiger partial charge in [0.2, 0.25) is 0 Å². The van der Waals surface area contributed by atoms with Gasteiger partial charge in [0.05, 0.1) is 95.1 Å². The molecule has 0 saturated carbocycles. The van der Waals surface area contributed by atoms with E-state index in [-0.39, 0.29) is 64.4 Å². The van der Waals surface area contributed by atoms with Gasteiger partial charge < -0.3 is 49.7 Å². The van der Waals surface area contributed by atoms with Gasteiger partial charge in [-0.15, -0.1) is 0 Å². The van der Waals surface area contributed by atoms with Crippen LogP contribution in [0.25, 0.3) is 67.6 Å². The van der Waals surface area contributed by atoms with Crippen molar-refractivity contribution in [3.05, 3.63) is 235 Å². The van der Waals surface area contributed by atoms with Crippen LogP contribution in [0.1, 0.15) is 41.4 Å².